The third-order valence-electron chi connectivity index (χ3n) is 2.60. The minimum Gasteiger partial charge on any atom is -0.508 e. The van der Waals surface area contributed by atoms with E-state index in [0.717, 1.165) is 0 Å². The van der Waals surface area contributed by atoms with E-state index in [0.29, 0.717) is 18.6 Å². The second-order valence-corrected chi connectivity index (χ2v) is 4.47. The van der Waals surface area contributed by atoms with Crippen LogP contribution in [0.5, 0.6) is 5.75 Å². The summed E-state index contributed by atoms with van der Waals surface area (Å²) < 4.78 is 4.88. The van der Waals surface area contributed by atoms with Crippen molar-refractivity contribution in [3.05, 3.63) is 29.8 Å². The summed E-state index contributed by atoms with van der Waals surface area (Å²) in [7, 11) is 1.56. The highest BCUT2D eigenvalue weighted by Gasteiger charge is 2.21. The van der Waals surface area contributed by atoms with E-state index in [1.54, 1.807) is 14.0 Å². The monoisotopic (exact) mass is 253 g/mol. The summed E-state index contributed by atoms with van der Waals surface area (Å²) in [6.07, 6.45) is 0.444. The third-order valence-corrected chi connectivity index (χ3v) is 2.60. The number of phenols is 1. The van der Waals surface area contributed by atoms with Crippen LogP contribution in [0.3, 0.4) is 0 Å². The Morgan fingerprint density at radius 3 is 2.56 bits per heavy atom. The molecular weight excluding hydrogens is 234 g/mol. The van der Waals surface area contributed by atoms with Crippen LogP contribution in [-0.4, -0.2) is 42.0 Å². The van der Waals surface area contributed by atoms with Crippen LogP contribution in [0.1, 0.15) is 23.7 Å². The van der Waals surface area contributed by atoms with Gasteiger partial charge in [-0.25, -0.2) is 0 Å². The number of hydrogen-bond acceptors (Lipinski definition) is 4. The number of carbonyl (C=O) groups is 1. The fourth-order valence-electron chi connectivity index (χ4n) is 1.40. The Labute approximate surface area is 106 Å². The number of aliphatic hydroxyl groups is 1. The summed E-state index contributed by atoms with van der Waals surface area (Å²) in [4.78, 5) is 11.7. The lowest BCUT2D eigenvalue weighted by atomic mass is 10.0. The van der Waals surface area contributed by atoms with E-state index >= 15 is 0 Å². The molecule has 1 rings (SSSR count). The van der Waals surface area contributed by atoms with Crippen LogP contribution in [0, 0.1) is 0 Å². The number of benzene rings is 1. The molecule has 0 bridgehead atoms. The molecule has 0 spiro atoms. The van der Waals surface area contributed by atoms with Gasteiger partial charge in [0.25, 0.3) is 5.91 Å². The first-order valence-electron chi connectivity index (χ1n) is 5.73. The van der Waals surface area contributed by atoms with Crippen molar-refractivity contribution in [3.8, 4) is 5.75 Å². The van der Waals surface area contributed by atoms with Gasteiger partial charge in [0.2, 0.25) is 0 Å². The van der Waals surface area contributed by atoms with E-state index in [9.17, 15) is 9.90 Å². The fraction of sp³-hybridized carbons (Fsp3) is 0.462. The molecule has 0 aliphatic rings. The first-order chi connectivity index (χ1) is 8.44. The number of hydrogen-bond donors (Lipinski definition) is 3. The number of ether oxygens (including phenoxy) is 1. The molecule has 0 aliphatic carbocycles. The fourth-order valence-corrected chi connectivity index (χ4v) is 1.40. The molecular formula is C13H19NO4. The second kappa shape index (κ2) is 6.37. The largest absolute Gasteiger partial charge is 0.508 e. The molecule has 1 aromatic carbocycles. The van der Waals surface area contributed by atoms with E-state index in [-0.39, 0.29) is 18.2 Å². The summed E-state index contributed by atoms with van der Waals surface area (Å²) in [5, 5.41) is 21.7. The number of amides is 1. The molecule has 100 valence electrons. The highest BCUT2D eigenvalue weighted by atomic mass is 16.5. The third kappa shape index (κ3) is 4.73. The molecule has 5 heteroatoms. The summed E-state index contributed by atoms with van der Waals surface area (Å²) in [5.41, 5.74) is -0.557. The molecule has 1 unspecified atom stereocenters. The van der Waals surface area contributed by atoms with Gasteiger partial charge in [-0.15, -0.1) is 0 Å². The molecule has 18 heavy (non-hydrogen) atoms. The molecule has 0 saturated carbocycles. The molecule has 1 aromatic rings. The maximum Gasteiger partial charge on any atom is 0.251 e. The molecule has 0 heterocycles. The van der Waals surface area contributed by atoms with Crippen molar-refractivity contribution < 1.29 is 19.7 Å². The van der Waals surface area contributed by atoms with Gasteiger partial charge in [-0.1, -0.05) is 0 Å². The van der Waals surface area contributed by atoms with Crippen LogP contribution in [-0.2, 0) is 4.74 Å². The Morgan fingerprint density at radius 2 is 2.00 bits per heavy atom. The minimum absolute atomic E-state index is 0.110. The smallest absolute Gasteiger partial charge is 0.251 e. The van der Waals surface area contributed by atoms with Gasteiger partial charge < -0.3 is 20.3 Å². The number of phenolic OH excluding ortho intramolecular Hbond substituents is 1. The van der Waals surface area contributed by atoms with Crippen LogP contribution in [0.4, 0.5) is 0 Å². The van der Waals surface area contributed by atoms with Crippen LogP contribution >= 0.6 is 0 Å². The average Bonchev–Trinajstić information content (AvgIpc) is 2.35. The molecule has 0 aliphatic heterocycles. The normalized spacial score (nSPS) is 13.9. The molecule has 0 aromatic heterocycles. The zero-order valence-corrected chi connectivity index (χ0v) is 10.6. The maximum atomic E-state index is 11.7. The Hall–Kier alpha value is -1.59. The number of aromatic hydroxyl groups is 1. The predicted octanol–water partition coefficient (Wildman–Crippen LogP) is 0.909. The van der Waals surface area contributed by atoms with Gasteiger partial charge in [0.1, 0.15) is 5.75 Å². The number of methoxy groups -OCH3 is 1. The number of nitrogens with one attached hydrogen (secondary N) is 1. The SMILES string of the molecule is COCCC(C)(O)CNC(=O)c1ccc(O)cc1. The average molecular weight is 253 g/mol. The lowest BCUT2D eigenvalue weighted by Crippen LogP contribution is -2.41. The van der Waals surface area contributed by atoms with Gasteiger partial charge >= 0.3 is 0 Å². The van der Waals surface area contributed by atoms with Crippen molar-refractivity contribution in [2.75, 3.05) is 20.3 Å². The molecule has 0 radical (unpaired) electrons. The van der Waals surface area contributed by atoms with Gasteiger partial charge in [0, 0.05) is 32.2 Å². The molecule has 5 nitrogen and oxygen atoms in total. The standard InChI is InChI=1S/C13H19NO4/c1-13(17,7-8-18-2)9-14-12(16)10-3-5-11(15)6-4-10/h3-6,15,17H,7-9H2,1-2H3,(H,14,16). The van der Waals surface area contributed by atoms with Crippen molar-refractivity contribution in [1.82, 2.24) is 5.32 Å². The van der Waals surface area contributed by atoms with Crippen molar-refractivity contribution in [1.29, 1.82) is 0 Å². The van der Waals surface area contributed by atoms with E-state index in [1.807, 2.05) is 0 Å². The number of rotatable bonds is 6. The Bertz CT molecular complexity index is 386. The second-order valence-electron chi connectivity index (χ2n) is 4.47. The molecule has 1 amide bonds. The van der Waals surface area contributed by atoms with Gasteiger partial charge in [-0.3, -0.25) is 4.79 Å². The summed E-state index contributed by atoms with van der Waals surface area (Å²) in [5.74, 6) is -0.175. The lowest BCUT2D eigenvalue weighted by molar-refractivity contribution is 0.0243. The summed E-state index contributed by atoms with van der Waals surface area (Å²) in [6, 6.07) is 5.93. The van der Waals surface area contributed by atoms with E-state index in [4.69, 9.17) is 9.84 Å². The van der Waals surface area contributed by atoms with Crippen molar-refractivity contribution in [3.63, 3.8) is 0 Å². The molecule has 1 atom stereocenters. The Kier molecular flexibility index (Phi) is 5.12. The van der Waals surface area contributed by atoms with Crippen molar-refractivity contribution in [2.24, 2.45) is 0 Å². The van der Waals surface area contributed by atoms with Crippen LogP contribution in [0.25, 0.3) is 0 Å². The number of carbonyl (C=O) groups excluding carboxylic acids is 1. The molecule has 0 saturated heterocycles. The summed E-state index contributed by atoms with van der Waals surface area (Å²) >= 11 is 0. The van der Waals surface area contributed by atoms with Crippen molar-refractivity contribution in [2.45, 2.75) is 18.9 Å². The van der Waals surface area contributed by atoms with Gasteiger partial charge in [-0.05, 0) is 31.2 Å². The van der Waals surface area contributed by atoms with E-state index in [2.05, 4.69) is 5.32 Å². The van der Waals surface area contributed by atoms with E-state index < -0.39 is 5.60 Å². The van der Waals surface area contributed by atoms with Crippen LogP contribution in [0.2, 0.25) is 0 Å². The van der Waals surface area contributed by atoms with Gasteiger partial charge in [-0.2, -0.15) is 0 Å². The highest BCUT2D eigenvalue weighted by molar-refractivity contribution is 5.94. The highest BCUT2D eigenvalue weighted by Crippen LogP contribution is 2.11. The maximum absolute atomic E-state index is 11.7. The van der Waals surface area contributed by atoms with Gasteiger partial charge in [0.05, 0.1) is 5.60 Å². The summed E-state index contributed by atoms with van der Waals surface area (Å²) in [6.45, 7) is 2.22. The first kappa shape index (κ1) is 14.5. The van der Waals surface area contributed by atoms with E-state index in [1.165, 1.54) is 24.3 Å². The zero-order valence-electron chi connectivity index (χ0n) is 10.6. The van der Waals surface area contributed by atoms with Crippen LogP contribution < -0.4 is 5.32 Å². The zero-order chi connectivity index (χ0) is 13.6. The van der Waals surface area contributed by atoms with Crippen molar-refractivity contribution >= 4 is 5.91 Å². The quantitative estimate of drug-likeness (QED) is 0.704. The molecule has 0 fully saturated rings. The topological polar surface area (TPSA) is 78.8 Å². The predicted molar refractivity (Wildman–Crippen MR) is 67.6 cm³/mol. The Morgan fingerprint density at radius 1 is 1.39 bits per heavy atom. The minimum atomic E-state index is -0.997. The van der Waals surface area contributed by atoms with Crippen LogP contribution in [0.15, 0.2) is 24.3 Å². The van der Waals surface area contributed by atoms with Gasteiger partial charge in [0.15, 0.2) is 0 Å². The lowest BCUT2D eigenvalue weighted by Gasteiger charge is -2.23. The molecule has 3 N–H and O–H groups in total. The Balaban J connectivity index is 2.48. The first-order valence-corrected chi connectivity index (χ1v) is 5.73.